The van der Waals surface area contributed by atoms with E-state index in [-0.39, 0.29) is 5.56 Å². The maximum Gasteiger partial charge on any atom is 0.282 e. The average molecular weight is 385 g/mol. The van der Waals surface area contributed by atoms with Crippen LogP contribution in [0, 0.1) is 0 Å². The van der Waals surface area contributed by atoms with E-state index in [4.69, 9.17) is 0 Å². The van der Waals surface area contributed by atoms with Crippen LogP contribution < -0.4 is 5.56 Å². The molecule has 3 rings (SSSR count). The summed E-state index contributed by atoms with van der Waals surface area (Å²) in [5.74, 6) is 0.670. The molecule has 0 aliphatic rings. The first-order chi connectivity index (χ1) is 11.7. The third-order valence-corrected chi connectivity index (χ3v) is 4.12. The van der Waals surface area contributed by atoms with E-state index >= 15 is 0 Å². The molecule has 122 valence electrons. The van der Waals surface area contributed by atoms with Gasteiger partial charge in [0, 0.05) is 17.1 Å². The Morgan fingerprint density at radius 1 is 1.29 bits per heavy atom. The molecule has 0 spiro atoms. The summed E-state index contributed by atoms with van der Waals surface area (Å²) in [5, 5.41) is 4.89. The Morgan fingerprint density at radius 2 is 2.17 bits per heavy atom. The van der Waals surface area contributed by atoms with Gasteiger partial charge in [0.1, 0.15) is 5.82 Å². The van der Waals surface area contributed by atoms with Crippen molar-refractivity contribution in [1.29, 1.82) is 0 Å². The second-order valence-corrected chi connectivity index (χ2v) is 6.32. The summed E-state index contributed by atoms with van der Waals surface area (Å²) in [4.78, 5) is 21.7. The summed E-state index contributed by atoms with van der Waals surface area (Å²) in [6.45, 7) is 2.11. The van der Waals surface area contributed by atoms with Crippen molar-refractivity contribution in [3.63, 3.8) is 0 Å². The van der Waals surface area contributed by atoms with E-state index in [1.54, 1.807) is 18.5 Å². The van der Waals surface area contributed by atoms with Crippen molar-refractivity contribution in [2.24, 2.45) is 5.10 Å². The zero-order valence-corrected chi connectivity index (χ0v) is 14.9. The monoisotopic (exact) mass is 384 g/mol. The Labute approximate surface area is 148 Å². The minimum atomic E-state index is -0.167. The Balaban J connectivity index is 2.13. The van der Waals surface area contributed by atoms with Gasteiger partial charge in [-0.05, 0) is 36.8 Å². The number of benzene rings is 1. The van der Waals surface area contributed by atoms with Gasteiger partial charge in [-0.3, -0.25) is 9.78 Å². The van der Waals surface area contributed by atoms with E-state index in [9.17, 15) is 4.79 Å². The summed E-state index contributed by atoms with van der Waals surface area (Å²) < 4.78 is 2.23. The van der Waals surface area contributed by atoms with Crippen molar-refractivity contribution in [1.82, 2.24) is 14.6 Å². The molecule has 2 aromatic heterocycles. The minimum absolute atomic E-state index is 0.167. The highest BCUT2D eigenvalue weighted by molar-refractivity contribution is 9.10. The van der Waals surface area contributed by atoms with Crippen LogP contribution in [0.3, 0.4) is 0 Å². The molecule has 1 aromatic carbocycles. The molecule has 5 nitrogen and oxygen atoms in total. The molecule has 6 heteroatoms. The molecule has 0 radical (unpaired) electrons. The predicted molar refractivity (Wildman–Crippen MR) is 99.5 cm³/mol. The first-order valence-electron chi connectivity index (χ1n) is 7.85. The first-order valence-corrected chi connectivity index (χ1v) is 8.65. The van der Waals surface area contributed by atoms with Gasteiger partial charge in [0.2, 0.25) is 0 Å². The molecule has 0 bridgehead atoms. The van der Waals surface area contributed by atoms with E-state index in [1.807, 2.05) is 30.3 Å². The molecule has 0 N–H and O–H groups in total. The lowest BCUT2D eigenvalue weighted by Gasteiger charge is -2.09. The van der Waals surface area contributed by atoms with Gasteiger partial charge in [-0.2, -0.15) is 9.78 Å². The van der Waals surface area contributed by atoms with E-state index in [1.165, 1.54) is 4.68 Å². The Bertz CT molecular complexity index is 935. The van der Waals surface area contributed by atoms with Gasteiger partial charge in [-0.25, -0.2) is 4.98 Å². The Hall–Kier alpha value is -2.34. The maximum absolute atomic E-state index is 12.9. The molecular weight excluding hydrogens is 368 g/mol. The first kappa shape index (κ1) is 16.5. The van der Waals surface area contributed by atoms with Gasteiger partial charge >= 0.3 is 0 Å². The van der Waals surface area contributed by atoms with Crippen molar-refractivity contribution >= 4 is 33.0 Å². The smallest absolute Gasteiger partial charge is 0.267 e. The maximum atomic E-state index is 12.9. The lowest BCUT2D eigenvalue weighted by molar-refractivity contribution is 0.674. The minimum Gasteiger partial charge on any atom is -0.267 e. The molecule has 0 saturated heterocycles. The van der Waals surface area contributed by atoms with Crippen molar-refractivity contribution in [3.8, 4) is 0 Å². The second-order valence-electron chi connectivity index (χ2n) is 5.41. The molecule has 0 fully saturated rings. The quantitative estimate of drug-likeness (QED) is 0.628. The number of halogens is 1. The van der Waals surface area contributed by atoms with Gasteiger partial charge in [0.15, 0.2) is 0 Å². The molecule has 24 heavy (non-hydrogen) atoms. The zero-order valence-electron chi connectivity index (χ0n) is 13.3. The number of nitrogens with zero attached hydrogens (tertiary/aromatic N) is 4. The van der Waals surface area contributed by atoms with Crippen molar-refractivity contribution in [3.05, 3.63) is 68.9 Å². The number of fused-ring (bicyclic) bond motifs is 1. The standard InChI is InChI=1S/C18H17BrN4O/c1-2-3-7-17-22-16-9-8-13(19)11-15(16)18(24)23(17)21-12-14-6-4-5-10-20-14/h4-6,8-12H,2-3,7H2,1H3. The molecule has 0 saturated carbocycles. The van der Waals surface area contributed by atoms with E-state index < -0.39 is 0 Å². The van der Waals surface area contributed by atoms with E-state index in [0.29, 0.717) is 28.8 Å². The largest absolute Gasteiger partial charge is 0.282 e. The van der Waals surface area contributed by atoms with Crippen LogP contribution in [0.2, 0.25) is 0 Å². The molecule has 0 amide bonds. The SMILES string of the molecule is CCCCc1nc2ccc(Br)cc2c(=O)n1N=Cc1ccccn1. The van der Waals surface area contributed by atoms with Gasteiger partial charge in [0.25, 0.3) is 5.56 Å². The normalized spacial score (nSPS) is 11.4. The molecule has 0 atom stereocenters. The summed E-state index contributed by atoms with van der Waals surface area (Å²) >= 11 is 3.40. The van der Waals surface area contributed by atoms with E-state index in [0.717, 1.165) is 17.3 Å². The van der Waals surface area contributed by atoms with Crippen LogP contribution in [0.1, 0.15) is 31.3 Å². The zero-order chi connectivity index (χ0) is 16.9. The van der Waals surface area contributed by atoms with Gasteiger partial charge in [0.05, 0.1) is 22.8 Å². The van der Waals surface area contributed by atoms with Crippen LogP contribution in [-0.2, 0) is 6.42 Å². The second kappa shape index (κ2) is 7.49. The van der Waals surface area contributed by atoms with E-state index in [2.05, 4.69) is 37.9 Å². The fourth-order valence-corrected chi connectivity index (χ4v) is 2.74. The number of aromatic nitrogens is 3. The summed E-state index contributed by atoms with van der Waals surface area (Å²) in [7, 11) is 0. The topological polar surface area (TPSA) is 60.1 Å². The van der Waals surface area contributed by atoms with Crippen LogP contribution in [0.4, 0.5) is 0 Å². The molecule has 0 aliphatic heterocycles. The van der Waals surface area contributed by atoms with Crippen LogP contribution in [0.5, 0.6) is 0 Å². The summed E-state index contributed by atoms with van der Waals surface area (Å²) in [5.41, 5.74) is 1.22. The molecule has 0 aliphatic carbocycles. The lowest BCUT2D eigenvalue weighted by atomic mass is 10.2. The Kier molecular flexibility index (Phi) is 5.15. The highest BCUT2D eigenvalue weighted by atomic mass is 79.9. The van der Waals surface area contributed by atoms with Crippen LogP contribution in [0.15, 0.2) is 57.0 Å². The Morgan fingerprint density at radius 3 is 2.92 bits per heavy atom. The summed E-state index contributed by atoms with van der Waals surface area (Å²) in [6.07, 6.45) is 5.96. The molecule has 0 unspecified atom stereocenters. The van der Waals surface area contributed by atoms with Crippen LogP contribution in [-0.4, -0.2) is 20.9 Å². The lowest BCUT2D eigenvalue weighted by Crippen LogP contribution is -2.22. The molecule has 3 aromatic rings. The predicted octanol–water partition coefficient (Wildman–Crippen LogP) is 3.78. The van der Waals surface area contributed by atoms with Gasteiger partial charge in [-0.1, -0.05) is 35.3 Å². The van der Waals surface area contributed by atoms with Crippen molar-refractivity contribution in [2.75, 3.05) is 0 Å². The molecular formula is C18H17BrN4O. The van der Waals surface area contributed by atoms with Crippen molar-refractivity contribution in [2.45, 2.75) is 26.2 Å². The fourth-order valence-electron chi connectivity index (χ4n) is 2.38. The van der Waals surface area contributed by atoms with Gasteiger partial charge in [-0.15, -0.1) is 0 Å². The van der Waals surface area contributed by atoms with Crippen LogP contribution >= 0.6 is 15.9 Å². The number of unbranched alkanes of at least 4 members (excludes halogenated alkanes) is 1. The third-order valence-electron chi connectivity index (χ3n) is 3.62. The van der Waals surface area contributed by atoms with Gasteiger partial charge < -0.3 is 0 Å². The number of aryl methyl sites for hydroxylation is 1. The third kappa shape index (κ3) is 3.59. The summed E-state index contributed by atoms with van der Waals surface area (Å²) in [6, 6.07) is 11.1. The highest BCUT2D eigenvalue weighted by Crippen LogP contribution is 2.16. The van der Waals surface area contributed by atoms with Crippen molar-refractivity contribution < 1.29 is 0 Å². The highest BCUT2D eigenvalue weighted by Gasteiger charge is 2.10. The fraction of sp³-hybridized carbons (Fsp3) is 0.222. The number of rotatable bonds is 5. The molecule has 2 heterocycles. The average Bonchev–Trinajstić information content (AvgIpc) is 2.61. The van der Waals surface area contributed by atoms with Crippen LogP contribution in [0.25, 0.3) is 10.9 Å². The number of hydrogen-bond donors (Lipinski definition) is 0. The number of pyridine rings is 1. The number of hydrogen-bond acceptors (Lipinski definition) is 4.